The van der Waals surface area contributed by atoms with E-state index in [2.05, 4.69) is 18.2 Å². The zero-order valence-electron chi connectivity index (χ0n) is 8.68. The van der Waals surface area contributed by atoms with Crippen LogP contribution < -0.4 is 28.5 Å². The fourth-order valence-electron chi connectivity index (χ4n) is 1.50. The molecule has 0 amide bonds. The fourth-order valence-corrected chi connectivity index (χ4v) is 1.50. The van der Waals surface area contributed by atoms with Crippen molar-refractivity contribution in [2.24, 2.45) is 0 Å². The summed E-state index contributed by atoms with van der Waals surface area (Å²) in [4.78, 5) is 0. The highest BCUT2D eigenvalue weighted by Crippen LogP contribution is 1.98. The van der Waals surface area contributed by atoms with E-state index >= 15 is 0 Å². The second-order valence-electron chi connectivity index (χ2n) is 3.31. The van der Waals surface area contributed by atoms with Gasteiger partial charge in [0.15, 0.2) is 18.8 Å². The summed E-state index contributed by atoms with van der Waals surface area (Å²) in [7, 11) is 0. The third-order valence-electron chi connectivity index (χ3n) is 2.25. The average Bonchev–Trinajstić information content (AvgIpc) is 2.31. The normalized spacial score (nSPS) is 8.94. The Bertz CT molecular complexity index is 489. The average molecular weight is 322 g/mol. The molecule has 0 radical (unpaired) electrons. The fraction of sp³-hybridized carbons (Fsp3) is 0.0769. The highest BCUT2D eigenvalue weighted by Gasteiger charge is 2.08. The Morgan fingerprint density at radius 1 is 1.00 bits per heavy atom. The molecule has 1 aromatic heterocycles. The van der Waals surface area contributed by atoms with Crippen LogP contribution in [0.2, 0.25) is 0 Å². The minimum Gasteiger partial charge on any atom is -1.00 e. The maximum absolute atomic E-state index is 8.93. The number of aromatic nitrogens is 1. The van der Waals surface area contributed by atoms with Crippen LogP contribution in [0.25, 0.3) is 0 Å². The van der Waals surface area contributed by atoms with E-state index in [1.54, 1.807) is 0 Å². The van der Waals surface area contributed by atoms with Gasteiger partial charge in [0.1, 0.15) is 0 Å². The Morgan fingerprint density at radius 2 is 1.69 bits per heavy atom. The van der Waals surface area contributed by atoms with E-state index in [4.69, 9.17) is 5.26 Å². The number of pyridine rings is 1. The highest BCUT2D eigenvalue weighted by molar-refractivity contribution is 5.16. The molecular weight excluding hydrogens is 311 g/mol. The molecule has 0 saturated carbocycles. The van der Waals surface area contributed by atoms with Gasteiger partial charge < -0.3 is 24.0 Å². The third kappa shape index (κ3) is 3.04. The molecule has 0 aliphatic carbocycles. The van der Waals surface area contributed by atoms with E-state index in [9.17, 15) is 0 Å². The SMILES string of the molecule is N#Cc1cccc[n+]1Cc1ccccc1.[I-]. The van der Waals surface area contributed by atoms with Crippen molar-refractivity contribution in [3.05, 3.63) is 66.0 Å². The van der Waals surface area contributed by atoms with Gasteiger partial charge in [-0.05, 0) is 6.07 Å². The molecule has 16 heavy (non-hydrogen) atoms. The van der Waals surface area contributed by atoms with Crippen molar-refractivity contribution < 1.29 is 28.5 Å². The van der Waals surface area contributed by atoms with Gasteiger partial charge in [-0.2, -0.15) is 9.83 Å². The van der Waals surface area contributed by atoms with E-state index in [1.807, 2.05) is 47.2 Å². The van der Waals surface area contributed by atoms with Gasteiger partial charge in [-0.25, -0.2) is 0 Å². The monoisotopic (exact) mass is 322 g/mol. The van der Waals surface area contributed by atoms with E-state index in [1.165, 1.54) is 5.56 Å². The molecule has 0 bridgehead atoms. The van der Waals surface area contributed by atoms with Gasteiger partial charge in [0.25, 0.3) is 5.69 Å². The lowest BCUT2D eigenvalue weighted by Crippen LogP contribution is -3.00. The van der Waals surface area contributed by atoms with Gasteiger partial charge in [-0.1, -0.05) is 30.3 Å². The second kappa shape index (κ2) is 6.23. The summed E-state index contributed by atoms with van der Waals surface area (Å²) in [5.41, 5.74) is 1.88. The molecule has 0 N–H and O–H groups in total. The van der Waals surface area contributed by atoms with Gasteiger partial charge in [-0.3, -0.25) is 0 Å². The molecule has 80 valence electrons. The molecule has 0 atom stereocenters. The predicted octanol–water partition coefficient (Wildman–Crippen LogP) is -1.10. The van der Waals surface area contributed by atoms with Gasteiger partial charge >= 0.3 is 0 Å². The van der Waals surface area contributed by atoms with Crippen LogP contribution in [0.4, 0.5) is 0 Å². The quantitative estimate of drug-likeness (QED) is 0.509. The largest absolute Gasteiger partial charge is 1.00 e. The Kier molecular flexibility index (Phi) is 4.93. The molecule has 0 fully saturated rings. The minimum atomic E-state index is 0. The number of halogens is 1. The number of benzene rings is 1. The molecule has 1 aromatic carbocycles. The first-order valence-electron chi connectivity index (χ1n) is 4.82. The summed E-state index contributed by atoms with van der Waals surface area (Å²) < 4.78 is 1.94. The molecule has 2 nitrogen and oxygen atoms in total. The number of nitriles is 1. The number of rotatable bonds is 2. The highest BCUT2D eigenvalue weighted by atomic mass is 127. The number of nitrogens with zero attached hydrogens (tertiary/aromatic N) is 2. The van der Waals surface area contributed by atoms with Crippen LogP contribution in [-0.2, 0) is 6.54 Å². The van der Waals surface area contributed by atoms with Gasteiger partial charge in [0.05, 0.1) is 0 Å². The maximum Gasteiger partial charge on any atom is 0.283 e. The summed E-state index contributed by atoms with van der Waals surface area (Å²) >= 11 is 0. The van der Waals surface area contributed by atoms with Gasteiger partial charge in [-0.15, -0.1) is 0 Å². The Labute approximate surface area is 112 Å². The van der Waals surface area contributed by atoms with Crippen LogP contribution in [0, 0.1) is 11.3 Å². The van der Waals surface area contributed by atoms with Crippen molar-refractivity contribution in [3.63, 3.8) is 0 Å². The molecule has 0 aliphatic heterocycles. The first-order chi connectivity index (χ1) is 7.40. The molecule has 2 aromatic rings. The van der Waals surface area contributed by atoms with Crippen LogP contribution in [0.5, 0.6) is 0 Å². The number of hydrogen-bond donors (Lipinski definition) is 0. The molecule has 3 heteroatoms. The van der Waals surface area contributed by atoms with Crippen LogP contribution in [0.15, 0.2) is 54.7 Å². The van der Waals surface area contributed by atoms with E-state index in [0.29, 0.717) is 5.69 Å². The molecule has 0 unspecified atom stereocenters. The van der Waals surface area contributed by atoms with Crippen molar-refractivity contribution in [2.45, 2.75) is 6.54 Å². The lowest BCUT2D eigenvalue weighted by molar-refractivity contribution is -0.690. The predicted molar refractivity (Wildman–Crippen MR) is 56.9 cm³/mol. The number of hydrogen-bond acceptors (Lipinski definition) is 1. The Hall–Kier alpha value is -1.41. The summed E-state index contributed by atoms with van der Waals surface area (Å²) in [6, 6.07) is 17.9. The van der Waals surface area contributed by atoms with Gasteiger partial charge in [0, 0.05) is 17.7 Å². The first-order valence-corrected chi connectivity index (χ1v) is 4.82. The van der Waals surface area contributed by atoms with Crippen molar-refractivity contribution in [1.82, 2.24) is 0 Å². The standard InChI is InChI=1S/C13H11N2.HI/c14-10-13-8-4-5-9-15(13)11-12-6-2-1-3-7-12;/h1-9H,11H2;1H/q+1;/p-1. The second-order valence-corrected chi connectivity index (χ2v) is 3.31. The van der Waals surface area contributed by atoms with E-state index in [-0.39, 0.29) is 24.0 Å². The molecule has 1 heterocycles. The van der Waals surface area contributed by atoms with Crippen LogP contribution in [0.3, 0.4) is 0 Å². The first kappa shape index (κ1) is 12.7. The topological polar surface area (TPSA) is 27.7 Å². The van der Waals surface area contributed by atoms with Crippen molar-refractivity contribution in [1.29, 1.82) is 5.26 Å². The van der Waals surface area contributed by atoms with Crippen molar-refractivity contribution in [3.8, 4) is 6.07 Å². The lowest BCUT2D eigenvalue weighted by atomic mass is 10.2. The molecule has 2 rings (SSSR count). The van der Waals surface area contributed by atoms with E-state index < -0.39 is 0 Å². The van der Waals surface area contributed by atoms with Crippen LogP contribution in [0.1, 0.15) is 11.3 Å². The Morgan fingerprint density at radius 3 is 2.38 bits per heavy atom. The summed E-state index contributed by atoms with van der Waals surface area (Å²) in [5.74, 6) is 0. The Balaban J connectivity index is 0.00000128. The summed E-state index contributed by atoms with van der Waals surface area (Å²) in [6.07, 6.45) is 1.92. The third-order valence-corrected chi connectivity index (χ3v) is 2.25. The summed E-state index contributed by atoms with van der Waals surface area (Å²) in [5, 5.41) is 8.93. The molecule has 0 saturated heterocycles. The van der Waals surface area contributed by atoms with Crippen LogP contribution >= 0.6 is 0 Å². The zero-order chi connectivity index (χ0) is 10.5. The van der Waals surface area contributed by atoms with Crippen molar-refractivity contribution in [2.75, 3.05) is 0 Å². The summed E-state index contributed by atoms with van der Waals surface area (Å²) in [6.45, 7) is 0.741. The molecule has 0 spiro atoms. The van der Waals surface area contributed by atoms with Crippen molar-refractivity contribution >= 4 is 0 Å². The van der Waals surface area contributed by atoms with Gasteiger partial charge in [0.2, 0.25) is 0 Å². The molecule has 0 aliphatic rings. The zero-order valence-corrected chi connectivity index (χ0v) is 10.8. The van der Waals surface area contributed by atoms with Crippen LogP contribution in [-0.4, -0.2) is 0 Å². The lowest BCUT2D eigenvalue weighted by Gasteiger charge is -1.98. The maximum atomic E-state index is 8.93. The minimum absolute atomic E-state index is 0. The smallest absolute Gasteiger partial charge is 0.283 e. The van der Waals surface area contributed by atoms with E-state index in [0.717, 1.165) is 6.54 Å². The molecular formula is C13H11IN2.